The van der Waals surface area contributed by atoms with Gasteiger partial charge in [-0.15, -0.1) is 0 Å². The van der Waals surface area contributed by atoms with Crippen molar-refractivity contribution in [2.75, 3.05) is 6.54 Å². The number of hydrogen-bond donors (Lipinski definition) is 0. The van der Waals surface area contributed by atoms with Crippen LogP contribution in [0.3, 0.4) is 0 Å². The fourth-order valence-electron chi connectivity index (χ4n) is 0. The van der Waals surface area contributed by atoms with Gasteiger partial charge in [0.15, 0.2) is 0 Å². The monoisotopic (exact) mass is 185 g/mol. The molecule has 20 valence electrons. The first-order valence-corrected chi connectivity index (χ1v) is 1.06. The molecule has 0 aromatic carbocycles. The fourth-order valence-corrected chi connectivity index (χ4v) is 0. The molecule has 0 atom stereocenters. The number of hydrogen-bond acceptors (Lipinski definition) is 0. The van der Waals surface area contributed by atoms with E-state index in [1.807, 2.05) is 0 Å². The zero-order valence-electron chi connectivity index (χ0n) is 2.78. The summed E-state index contributed by atoms with van der Waals surface area (Å²) in [5.41, 5.74) is 6.21. The van der Waals surface area contributed by atoms with E-state index in [0.29, 0.717) is 6.54 Å². The molecule has 0 heterocycles. The van der Waals surface area contributed by atoms with Crippen LogP contribution in [-0.2, 0) is 0 Å². The van der Waals surface area contributed by atoms with E-state index in [0.717, 1.165) is 0 Å². The van der Waals surface area contributed by atoms with Crippen LogP contribution in [0, 0.1) is 41.3 Å². The third-order valence-electron chi connectivity index (χ3n) is 0. The summed E-state index contributed by atoms with van der Waals surface area (Å²) in [7, 11) is 0. The summed E-state index contributed by atoms with van der Waals surface area (Å²) in [6.45, 7) is 2.29. The smallest absolute Gasteiger partial charge is 0.678 e. The van der Waals surface area contributed by atoms with E-state index in [9.17, 15) is 0 Å². The van der Waals surface area contributed by atoms with Gasteiger partial charge in [0.2, 0.25) is 0 Å². The maximum absolute atomic E-state index is 6.21. The van der Waals surface area contributed by atoms with Crippen molar-refractivity contribution < 1.29 is 41.3 Å². The maximum Gasteiger partial charge on any atom is 3.00 e. The van der Waals surface area contributed by atoms with Crippen molar-refractivity contribution in [2.45, 2.75) is 6.92 Å². The van der Waals surface area contributed by atoms with Gasteiger partial charge in [-0.1, -0.05) is 6.92 Å². The summed E-state index contributed by atoms with van der Waals surface area (Å²) < 4.78 is 0. The molecule has 0 radical (unpaired) electrons. The molecule has 0 aromatic heterocycles. The summed E-state index contributed by atoms with van der Waals surface area (Å²) in [6.07, 6.45) is 0. The minimum absolute atomic E-state index is 0. The summed E-state index contributed by atoms with van der Waals surface area (Å²) in [4.78, 5) is 0. The standard InChI is InChI=1S/C2H6N.Pr/c1-2-3;/h3H,2H2,1H3;/q-1;+3. The zero-order valence-corrected chi connectivity index (χ0v) is 6.49. The van der Waals surface area contributed by atoms with Crippen LogP contribution in [0.25, 0.3) is 5.73 Å². The molecule has 4 heavy (non-hydrogen) atoms. The molecule has 0 spiro atoms. The molecule has 2 heteroatoms. The van der Waals surface area contributed by atoms with E-state index < -0.39 is 0 Å². The van der Waals surface area contributed by atoms with Gasteiger partial charge in [0, 0.05) is 0 Å². The Morgan fingerprint density at radius 3 is 1.75 bits per heavy atom. The molecule has 0 rings (SSSR count). The molecule has 0 amide bonds. The molecule has 0 aliphatic heterocycles. The Bertz CT molecular complexity index is 6.00. The van der Waals surface area contributed by atoms with Crippen LogP contribution in [0.5, 0.6) is 0 Å². The molecule has 1 nitrogen and oxygen atoms in total. The van der Waals surface area contributed by atoms with Crippen molar-refractivity contribution >= 4 is 0 Å². The Hall–Kier alpha value is 1.32. The Morgan fingerprint density at radius 2 is 1.75 bits per heavy atom. The normalized spacial score (nSPS) is 4.50. The van der Waals surface area contributed by atoms with Crippen molar-refractivity contribution in [1.82, 2.24) is 0 Å². The molecule has 0 aliphatic carbocycles. The summed E-state index contributed by atoms with van der Waals surface area (Å²) >= 11 is 0. The van der Waals surface area contributed by atoms with Gasteiger partial charge in [0.25, 0.3) is 0 Å². The quantitative estimate of drug-likeness (QED) is 0.538. The van der Waals surface area contributed by atoms with Crippen molar-refractivity contribution in [1.29, 1.82) is 0 Å². The Balaban J connectivity index is 0. The van der Waals surface area contributed by atoms with Crippen LogP contribution in [0.1, 0.15) is 6.92 Å². The Labute approximate surface area is 59.9 Å². The van der Waals surface area contributed by atoms with Gasteiger partial charge < -0.3 is 5.73 Å². The van der Waals surface area contributed by atoms with E-state index in [-0.39, 0.29) is 41.3 Å². The van der Waals surface area contributed by atoms with Gasteiger partial charge in [0.05, 0.1) is 0 Å². The maximum atomic E-state index is 6.21. The minimum Gasteiger partial charge on any atom is -0.678 e. The number of nitrogens with one attached hydrogen (secondary N) is 1. The van der Waals surface area contributed by atoms with E-state index in [1.165, 1.54) is 0 Å². The van der Waals surface area contributed by atoms with Crippen molar-refractivity contribution in [3.8, 4) is 0 Å². The topological polar surface area (TPSA) is 23.8 Å². The van der Waals surface area contributed by atoms with Crippen LogP contribution in [0.4, 0.5) is 0 Å². The Morgan fingerprint density at radius 1 is 1.75 bits per heavy atom. The summed E-state index contributed by atoms with van der Waals surface area (Å²) in [6, 6.07) is 0. The first kappa shape index (κ1) is 9.01. The number of rotatable bonds is 0. The van der Waals surface area contributed by atoms with Gasteiger partial charge in [-0.05, 0) is 0 Å². The molecule has 0 saturated carbocycles. The van der Waals surface area contributed by atoms with Gasteiger partial charge in [-0.3, -0.25) is 0 Å². The summed E-state index contributed by atoms with van der Waals surface area (Å²) in [5.74, 6) is 0. The predicted molar refractivity (Wildman–Crippen MR) is 14.9 cm³/mol. The van der Waals surface area contributed by atoms with Crippen LogP contribution in [0.15, 0.2) is 0 Å². The fraction of sp³-hybridized carbons (Fsp3) is 1.00. The largest absolute Gasteiger partial charge is 3.00 e. The molecule has 0 aromatic rings. The molecule has 0 fully saturated rings. The second kappa shape index (κ2) is 8.85. The van der Waals surface area contributed by atoms with Gasteiger partial charge in [0.1, 0.15) is 0 Å². The van der Waals surface area contributed by atoms with Gasteiger partial charge in [-0.2, -0.15) is 6.54 Å². The van der Waals surface area contributed by atoms with Gasteiger partial charge >= 0.3 is 41.3 Å². The third-order valence-corrected chi connectivity index (χ3v) is 0. The molecular weight excluding hydrogens is 179 g/mol. The van der Waals surface area contributed by atoms with Crippen molar-refractivity contribution in [2.24, 2.45) is 0 Å². The predicted octanol–water partition coefficient (Wildman–Crippen LogP) is 1.06. The van der Waals surface area contributed by atoms with Gasteiger partial charge in [-0.25, -0.2) is 0 Å². The Kier molecular flexibility index (Phi) is 19.9. The molecule has 1 N–H and O–H groups in total. The minimum atomic E-state index is 0. The van der Waals surface area contributed by atoms with Crippen LogP contribution >= 0.6 is 0 Å². The third kappa shape index (κ3) is 10.2. The van der Waals surface area contributed by atoms with Crippen LogP contribution in [0.2, 0.25) is 0 Å². The molecule has 0 bridgehead atoms. The van der Waals surface area contributed by atoms with E-state index in [4.69, 9.17) is 5.73 Å². The molecule has 0 saturated heterocycles. The van der Waals surface area contributed by atoms with E-state index in [1.54, 1.807) is 6.92 Å². The average Bonchev–Trinajstić information content (AvgIpc) is 0.918. The molecular formula is C2H6NPr+2. The van der Waals surface area contributed by atoms with Crippen LogP contribution < -0.4 is 0 Å². The average molecular weight is 185 g/mol. The van der Waals surface area contributed by atoms with Crippen LogP contribution in [-0.4, -0.2) is 6.54 Å². The van der Waals surface area contributed by atoms with Crippen molar-refractivity contribution in [3.63, 3.8) is 0 Å². The zero-order chi connectivity index (χ0) is 2.71. The first-order valence-electron chi connectivity index (χ1n) is 1.06. The molecule has 0 unspecified atom stereocenters. The SMILES string of the molecule is CC[NH-].[Pr+3]. The second-order valence-corrected chi connectivity index (χ2v) is 0.354. The van der Waals surface area contributed by atoms with E-state index >= 15 is 0 Å². The summed E-state index contributed by atoms with van der Waals surface area (Å²) in [5, 5.41) is 0. The molecule has 0 aliphatic rings. The van der Waals surface area contributed by atoms with Crippen molar-refractivity contribution in [3.05, 3.63) is 5.73 Å². The first-order chi connectivity index (χ1) is 1.41. The second-order valence-electron chi connectivity index (χ2n) is 0.354. The van der Waals surface area contributed by atoms with E-state index in [2.05, 4.69) is 0 Å².